The summed E-state index contributed by atoms with van der Waals surface area (Å²) >= 11 is 0. The average Bonchev–Trinajstić information content (AvgIpc) is 1.96. The summed E-state index contributed by atoms with van der Waals surface area (Å²) in [5, 5.41) is 0. The van der Waals surface area contributed by atoms with Crippen LogP contribution < -0.4 is 0 Å². The maximum absolute atomic E-state index is 10.6. The van der Waals surface area contributed by atoms with Gasteiger partial charge in [0, 0.05) is 0 Å². The highest BCUT2D eigenvalue weighted by molar-refractivity contribution is 5.63. The molecule has 66 valence electrons. The molecule has 0 amide bonds. The van der Waals surface area contributed by atoms with E-state index in [1.807, 2.05) is 6.08 Å². The minimum atomic E-state index is -0.0435. The lowest BCUT2D eigenvalue weighted by atomic mass is 9.71. The highest BCUT2D eigenvalue weighted by Crippen LogP contribution is 2.39. The molecule has 0 spiro atoms. The molecular weight excluding hydrogens is 148 g/mol. The van der Waals surface area contributed by atoms with Crippen molar-refractivity contribution in [2.45, 2.75) is 27.2 Å². The van der Waals surface area contributed by atoms with E-state index in [-0.39, 0.29) is 11.3 Å². The Bertz CT molecular complexity index is 246. The summed E-state index contributed by atoms with van der Waals surface area (Å²) in [4.78, 5) is 10.6. The van der Waals surface area contributed by atoms with Crippen molar-refractivity contribution in [1.82, 2.24) is 0 Å². The monoisotopic (exact) mass is 164 g/mol. The molecule has 1 heteroatoms. The molecule has 0 aromatic carbocycles. The third-order valence-electron chi connectivity index (χ3n) is 2.78. The van der Waals surface area contributed by atoms with E-state index < -0.39 is 0 Å². The van der Waals surface area contributed by atoms with Crippen molar-refractivity contribution >= 4 is 6.29 Å². The second-order valence-electron chi connectivity index (χ2n) is 4.23. The van der Waals surface area contributed by atoms with E-state index in [1.165, 1.54) is 5.57 Å². The van der Waals surface area contributed by atoms with Crippen molar-refractivity contribution in [1.29, 1.82) is 0 Å². The molecule has 1 aliphatic carbocycles. The first-order valence-electron chi connectivity index (χ1n) is 4.29. The van der Waals surface area contributed by atoms with Crippen LogP contribution in [0, 0.1) is 11.3 Å². The largest absolute Gasteiger partial charge is 0.302 e. The normalized spacial score (nSPS) is 28.1. The summed E-state index contributed by atoms with van der Waals surface area (Å²) in [5.74, 6) is -0.0435. The van der Waals surface area contributed by atoms with Gasteiger partial charge in [0.15, 0.2) is 0 Å². The van der Waals surface area contributed by atoms with Crippen LogP contribution in [0.5, 0.6) is 0 Å². The third-order valence-corrected chi connectivity index (χ3v) is 2.78. The number of allylic oxidation sites excluding steroid dienone is 3. The molecule has 0 N–H and O–H groups in total. The van der Waals surface area contributed by atoms with Crippen LogP contribution in [0.1, 0.15) is 27.2 Å². The second-order valence-corrected chi connectivity index (χ2v) is 4.23. The Labute approximate surface area is 74.2 Å². The quantitative estimate of drug-likeness (QED) is 0.430. The Morgan fingerprint density at radius 2 is 2.25 bits per heavy atom. The molecule has 0 heterocycles. The van der Waals surface area contributed by atoms with E-state index in [0.29, 0.717) is 0 Å². The molecule has 0 saturated carbocycles. The van der Waals surface area contributed by atoms with Crippen LogP contribution in [0.2, 0.25) is 0 Å². The van der Waals surface area contributed by atoms with Crippen molar-refractivity contribution in [3.05, 3.63) is 23.8 Å². The van der Waals surface area contributed by atoms with E-state index in [1.54, 1.807) is 0 Å². The zero-order valence-electron chi connectivity index (χ0n) is 8.05. The number of carbonyl (C=O) groups is 1. The third kappa shape index (κ3) is 1.50. The molecular formula is C11H16O. The lowest BCUT2D eigenvalue weighted by molar-refractivity contribution is -0.109. The first-order valence-corrected chi connectivity index (χ1v) is 4.29. The van der Waals surface area contributed by atoms with E-state index in [2.05, 4.69) is 27.4 Å². The molecule has 0 aromatic heterocycles. The van der Waals surface area contributed by atoms with Crippen molar-refractivity contribution < 1.29 is 4.79 Å². The van der Waals surface area contributed by atoms with Gasteiger partial charge in [0.05, 0.1) is 5.92 Å². The van der Waals surface area contributed by atoms with Gasteiger partial charge in [-0.05, 0) is 18.8 Å². The van der Waals surface area contributed by atoms with Crippen molar-refractivity contribution in [3.8, 4) is 0 Å². The summed E-state index contributed by atoms with van der Waals surface area (Å²) in [7, 11) is 0. The van der Waals surface area contributed by atoms with Crippen LogP contribution in [0.4, 0.5) is 0 Å². The fourth-order valence-electron chi connectivity index (χ4n) is 1.57. The number of hydrogen-bond donors (Lipinski definition) is 0. The maximum atomic E-state index is 10.6. The summed E-state index contributed by atoms with van der Waals surface area (Å²) in [6.45, 7) is 10.4. The van der Waals surface area contributed by atoms with Gasteiger partial charge in [0.25, 0.3) is 0 Å². The predicted molar refractivity (Wildman–Crippen MR) is 50.8 cm³/mol. The van der Waals surface area contributed by atoms with Crippen LogP contribution in [0.15, 0.2) is 23.8 Å². The molecule has 1 rings (SSSR count). The van der Waals surface area contributed by atoms with E-state index >= 15 is 0 Å². The van der Waals surface area contributed by atoms with Crippen LogP contribution in [0.25, 0.3) is 0 Å². The van der Waals surface area contributed by atoms with Crippen LogP contribution >= 0.6 is 0 Å². The van der Waals surface area contributed by atoms with Gasteiger partial charge in [-0.15, -0.1) is 0 Å². The minimum absolute atomic E-state index is 0.0435. The van der Waals surface area contributed by atoms with E-state index in [9.17, 15) is 4.79 Å². The van der Waals surface area contributed by atoms with E-state index in [0.717, 1.165) is 18.3 Å². The topological polar surface area (TPSA) is 17.1 Å². The molecule has 1 nitrogen and oxygen atoms in total. The van der Waals surface area contributed by atoms with Gasteiger partial charge in [-0.2, -0.15) is 0 Å². The second kappa shape index (κ2) is 2.89. The highest BCUT2D eigenvalue weighted by atomic mass is 16.1. The number of hydrogen-bond acceptors (Lipinski definition) is 1. The molecule has 1 aliphatic rings. The fraction of sp³-hybridized carbons (Fsp3) is 0.545. The van der Waals surface area contributed by atoms with Gasteiger partial charge in [0.2, 0.25) is 0 Å². The molecule has 1 atom stereocenters. The number of aldehydes is 1. The Kier molecular flexibility index (Phi) is 2.22. The lowest BCUT2D eigenvalue weighted by Crippen LogP contribution is -2.22. The van der Waals surface area contributed by atoms with Gasteiger partial charge in [-0.3, -0.25) is 0 Å². The van der Waals surface area contributed by atoms with Gasteiger partial charge >= 0.3 is 0 Å². The molecule has 12 heavy (non-hydrogen) atoms. The zero-order valence-corrected chi connectivity index (χ0v) is 8.05. The van der Waals surface area contributed by atoms with Gasteiger partial charge in [-0.1, -0.05) is 37.6 Å². The Morgan fingerprint density at radius 3 is 2.75 bits per heavy atom. The van der Waals surface area contributed by atoms with Crippen LogP contribution in [-0.4, -0.2) is 6.29 Å². The van der Waals surface area contributed by atoms with Gasteiger partial charge in [0.1, 0.15) is 6.29 Å². The molecule has 0 aliphatic heterocycles. The Hall–Kier alpha value is -0.850. The summed E-state index contributed by atoms with van der Waals surface area (Å²) in [6.07, 6.45) is 3.93. The fourth-order valence-corrected chi connectivity index (χ4v) is 1.57. The predicted octanol–water partition coefficient (Wildman–Crippen LogP) is 2.73. The first-order chi connectivity index (χ1) is 5.47. The molecule has 0 aromatic rings. The Morgan fingerprint density at radius 1 is 1.67 bits per heavy atom. The minimum Gasteiger partial charge on any atom is -0.302 e. The molecule has 0 fully saturated rings. The number of rotatable bonds is 1. The van der Waals surface area contributed by atoms with Crippen molar-refractivity contribution in [2.75, 3.05) is 0 Å². The summed E-state index contributed by atoms with van der Waals surface area (Å²) in [6, 6.07) is 0. The van der Waals surface area contributed by atoms with Crippen LogP contribution in [-0.2, 0) is 4.79 Å². The summed E-state index contributed by atoms with van der Waals surface area (Å²) in [5.41, 5.74) is 2.53. The average molecular weight is 164 g/mol. The molecule has 1 unspecified atom stereocenters. The number of carbonyl (C=O) groups excluding carboxylic acids is 1. The maximum Gasteiger partial charge on any atom is 0.130 e. The van der Waals surface area contributed by atoms with Crippen LogP contribution in [0.3, 0.4) is 0 Å². The van der Waals surface area contributed by atoms with Crippen molar-refractivity contribution in [3.63, 3.8) is 0 Å². The van der Waals surface area contributed by atoms with E-state index in [4.69, 9.17) is 0 Å². The standard InChI is InChI=1S/C11H16O/c1-8-6-11(3,4)9(2)5-10(8)7-12/h5,7,10H,1,6H2,2-4H3. The SMILES string of the molecule is C=C1CC(C)(C)C(C)=CC1C=O. The first kappa shape index (κ1) is 9.24. The molecule has 0 radical (unpaired) electrons. The molecule has 0 saturated heterocycles. The summed E-state index contributed by atoms with van der Waals surface area (Å²) < 4.78 is 0. The van der Waals surface area contributed by atoms with Gasteiger partial charge in [-0.25, -0.2) is 0 Å². The molecule has 0 bridgehead atoms. The highest BCUT2D eigenvalue weighted by Gasteiger charge is 2.28. The smallest absolute Gasteiger partial charge is 0.130 e. The lowest BCUT2D eigenvalue weighted by Gasteiger charge is -2.33. The zero-order chi connectivity index (χ0) is 9.35. The van der Waals surface area contributed by atoms with Gasteiger partial charge < -0.3 is 4.79 Å². The Balaban J connectivity index is 2.99. The van der Waals surface area contributed by atoms with Crippen molar-refractivity contribution in [2.24, 2.45) is 11.3 Å².